The summed E-state index contributed by atoms with van der Waals surface area (Å²) in [7, 11) is 1.58. The first-order valence-electron chi connectivity index (χ1n) is 8.56. The van der Waals surface area contributed by atoms with E-state index < -0.39 is 17.3 Å². The number of rotatable bonds is 7. The van der Waals surface area contributed by atoms with Crippen LogP contribution in [-0.2, 0) is 21.2 Å². The van der Waals surface area contributed by atoms with Crippen molar-refractivity contribution in [2.75, 3.05) is 26.8 Å². The largest absolute Gasteiger partial charge is 0.416 e. The first-order chi connectivity index (χ1) is 11.9. The maximum atomic E-state index is 13.1. The Hall–Kier alpha value is -1.31. The first-order valence-corrected chi connectivity index (χ1v) is 8.56. The standard InChI is InChI=1S/C18H25F3N2O2.ClH/c1-25-11-10-22-13-16(24)23-17(8-3-2-4-9-17)14-6-5-7-15(12-14)18(19,20)21;/h5-7,12,22H,2-4,8-11,13H2,1H3,(H,23,24);1H. The Kier molecular flexibility index (Phi) is 8.86. The molecule has 8 heteroatoms. The van der Waals surface area contributed by atoms with Gasteiger partial charge in [-0.05, 0) is 30.5 Å². The van der Waals surface area contributed by atoms with E-state index in [0.29, 0.717) is 31.6 Å². The van der Waals surface area contributed by atoms with Crippen molar-refractivity contribution in [1.82, 2.24) is 10.6 Å². The van der Waals surface area contributed by atoms with Gasteiger partial charge in [-0.2, -0.15) is 13.2 Å². The Bertz CT molecular complexity index is 576. The number of alkyl halides is 3. The van der Waals surface area contributed by atoms with Gasteiger partial charge in [-0.1, -0.05) is 31.4 Å². The molecule has 1 fully saturated rings. The summed E-state index contributed by atoms with van der Waals surface area (Å²) in [4.78, 5) is 12.3. The zero-order valence-corrected chi connectivity index (χ0v) is 15.6. The van der Waals surface area contributed by atoms with E-state index in [1.54, 1.807) is 13.2 Å². The number of carbonyl (C=O) groups is 1. The number of halogens is 4. The molecule has 1 amide bonds. The molecule has 1 aliphatic rings. The van der Waals surface area contributed by atoms with Gasteiger partial charge in [0.25, 0.3) is 0 Å². The lowest BCUT2D eigenvalue weighted by Gasteiger charge is -2.39. The number of hydrogen-bond donors (Lipinski definition) is 2. The highest BCUT2D eigenvalue weighted by atomic mass is 35.5. The van der Waals surface area contributed by atoms with Gasteiger partial charge in [0.05, 0.1) is 24.3 Å². The van der Waals surface area contributed by atoms with Crippen molar-refractivity contribution in [1.29, 1.82) is 0 Å². The molecule has 0 aromatic heterocycles. The van der Waals surface area contributed by atoms with Gasteiger partial charge in [0.15, 0.2) is 0 Å². The van der Waals surface area contributed by atoms with E-state index in [1.807, 2.05) is 0 Å². The quantitative estimate of drug-likeness (QED) is 0.694. The van der Waals surface area contributed by atoms with Crippen LogP contribution in [0.4, 0.5) is 13.2 Å². The van der Waals surface area contributed by atoms with Gasteiger partial charge in [0.1, 0.15) is 0 Å². The van der Waals surface area contributed by atoms with Gasteiger partial charge in [-0.25, -0.2) is 0 Å². The molecule has 0 aliphatic heterocycles. The molecule has 1 aliphatic carbocycles. The van der Waals surface area contributed by atoms with Gasteiger partial charge in [-0.3, -0.25) is 4.79 Å². The lowest BCUT2D eigenvalue weighted by molar-refractivity contribution is -0.137. The predicted octanol–water partition coefficient (Wildman–Crippen LogP) is 3.64. The van der Waals surface area contributed by atoms with Crippen molar-refractivity contribution in [3.8, 4) is 0 Å². The Morgan fingerprint density at radius 2 is 1.92 bits per heavy atom. The van der Waals surface area contributed by atoms with Crippen LogP contribution in [0, 0.1) is 0 Å². The molecule has 1 saturated carbocycles. The van der Waals surface area contributed by atoms with E-state index >= 15 is 0 Å². The predicted molar refractivity (Wildman–Crippen MR) is 96.3 cm³/mol. The van der Waals surface area contributed by atoms with Crippen LogP contribution in [0.5, 0.6) is 0 Å². The summed E-state index contributed by atoms with van der Waals surface area (Å²) in [5.74, 6) is -0.213. The molecule has 0 atom stereocenters. The number of ether oxygens (including phenoxy) is 1. The van der Waals surface area contributed by atoms with Crippen LogP contribution in [0.1, 0.15) is 43.2 Å². The third-order valence-corrected chi connectivity index (χ3v) is 4.60. The van der Waals surface area contributed by atoms with Crippen molar-refractivity contribution in [2.45, 2.75) is 43.8 Å². The van der Waals surface area contributed by atoms with Crippen LogP contribution in [0.2, 0.25) is 0 Å². The highest BCUT2D eigenvalue weighted by molar-refractivity contribution is 5.85. The lowest BCUT2D eigenvalue weighted by Crippen LogP contribution is -2.50. The Balaban J connectivity index is 0.00000338. The number of benzene rings is 1. The molecule has 0 saturated heterocycles. The van der Waals surface area contributed by atoms with Crippen LogP contribution >= 0.6 is 12.4 Å². The van der Waals surface area contributed by atoms with E-state index in [1.165, 1.54) is 12.1 Å². The van der Waals surface area contributed by atoms with Gasteiger partial charge < -0.3 is 15.4 Å². The number of carbonyl (C=O) groups excluding carboxylic acids is 1. The van der Waals surface area contributed by atoms with E-state index in [0.717, 1.165) is 25.3 Å². The summed E-state index contributed by atoms with van der Waals surface area (Å²) in [6.07, 6.45) is -0.294. The summed E-state index contributed by atoms with van der Waals surface area (Å²) in [6, 6.07) is 5.33. The molecule has 1 aromatic rings. The van der Waals surface area contributed by atoms with Crippen LogP contribution < -0.4 is 10.6 Å². The van der Waals surface area contributed by atoms with Gasteiger partial charge in [0, 0.05) is 13.7 Å². The van der Waals surface area contributed by atoms with Crippen LogP contribution in [0.25, 0.3) is 0 Å². The molecular formula is C18H26ClF3N2O2. The maximum Gasteiger partial charge on any atom is 0.416 e. The van der Waals surface area contributed by atoms with Crippen molar-refractivity contribution in [3.63, 3.8) is 0 Å². The first kappa shape index (κ1) is 22.7. The fourth-order valence-corrected chi connectivity index (χ4v) is 3.32. The summed E-state index contributed by atoms with van der Waals surface area (Å²) in [5.41, 5.74) is -0.867. The number of methoxy groups -OCH3 is 1. The topological polar surface area (TPSA) is 50.4 Å². The second-order valence-corrected chi connectivity index (χ2v) is 6.44. The van der Waals surface area contributed by atoms with Crippen LogP contribution in [-0.4, -0.2) is 32.7 Å². The Morgan fingerprint density at radius 1 is 1.23 bits per heavy atom. The Labute approximate surface area is 158 Å². The average Bonchev–Trinajstić information content (AvgIpc) is 2.59. The fourth-order valence-electron chi connectivity index (χ4n) is 3.32. The van der Waals surface area contributed by atoms with Crippen molar-refractivity contribution in [3.05, 3.63) is 35.4 Å². The second-order valence-electron chi connectivity index (χ2n) is 6.44. The second kappa shape index (κ2) is 10.1. The van der Waals surface area contributed by atoms with Gasteiger partial charge in [0.2, 0.25) is 5.91 Å². The highest BCUT2D eigenvalue weighted by Crippen LogP contribution is 2.39. The summed E-state index contributed by atoms with van der Waals surface area (Å²) >= 11 is 0. The smallest absolute Gasteiger partial charge is 0.383 e. The highest BCUT2D eigenvalue weighted by Gasteiger charge is 2.37. The molecule has 0 heterocycles. The maximum absolute atomic E-state index is 13.1. The average molecular weight is 395 g/mol. The molecule has 0 unspecified atom stereocenters. The van der Waals surface area contributed by atoms with Crippen molar-refractivity contribution >= 4 is 18.3 Å². The third kappa shape index (κ3) is 6.14. The zero-order valence-electron chi connectivity index (χ0n) is 14.8. The Morgan fingerprint density at radius 3 is 2.54 bits per heavy atom. The van der Waals surface area contributed by atoms with Gasteiger partial charge >= 0.3 is 6.18 Å². The van der Waals surface area contributed by atoms with Gasteiger partial charge in [-0.15, -0.1) is 12.4 Å². The zero-order chi connectivity index (χ0) is 18.3. The SMILES string of the molecule is COCCNCC(=O)NC1(c2cccc(C(F)(F)F)c2)CCCCC1.Cl. The number of amides is 1. The monoisotopic (exact) mass is 394 g/mol. The lowest BCUT2D eigenvalue weighted by atomic mass is 9.76. The third-order valence-electron chi connectivity index (χ3n) is 4.60. The minimum Gasteiger partial charge on any atom is -0.383 e. The summed E-state index contributed by atoms with van der Waals surface area (Å²) in [5, 5.41) is 5.96. The van der Waals surface area contributed by atoms with Crippen molar-refractivity contribution < 1.29 is 22.7 Å². The fraction of sp³-hybridized carbons (Fsp3) is 0.611. The van der Waals surface area contributed by atoms with Crippen molar-refractivity contribution in [2.24, 2.45) is 0 Å². The van der Waals surface area contributed by atoms with E-state index in [4.69, 9.17) is 4.74 Å². The minimum absolute atomic E-state index is 0. The van der Waals surface area contributed by atoms with E-state index in [2.05, 4.69) is 10.6 Å². The van der Waals surface area contributed by atoms with E-state index in [9.17, 15) is 18.0 Å². The molecule has 4 nitrogen and oxygen atoms in total. The normalized spacial score (nSPS) is 16.6. The molecule has 2 N–H and O–H groups in total. The summed E-state index contributed by atoms with van der Waals surface area (Å²) < 4.78 is 44.1. The molecule has 0 bridgehead atoms. The molecule has 0 radical (unpaired) electrons. The minimum atomic E-state index is -4.39. The molecule has 26 heavy (non-hydrogen) atoms. The van der Waals surface area contributed by atoms with E-state index in [-0.39, 0.29) is 24.9 Å². The molecule has 2 rings (SSSR count). The molecule has 148 valence electrons. The number of hydrogen-bond acceptors (Lipinski definition) is 3. The molecule has 1 aromatic carbocycles. The number of nitrogens with one attached hydrogen (secondary N) is 2. The molecular weight excluding hydrogens is 369 g/mol. The van der Waals surface area contributed by atoms with Crippen LogP contribution in [0.3, 0.4) is 0 Å². The molecule has 0 spiro atoms. The van der Waals surface area contributed by atoms with Crippen LogP contribution in [0.15, 0.2) is 24.3 Å². The summed E-state index contributed by atoms with van der Waals surface area (Å²) in [6.45, 7) is 1.15.